The van der Waals surface area contributed by atoms with Crippen molar-refractivity contribution < 1.29 is 18.0 Å². The molecule has 0 radical (unpaired) electrons. The van der Waals surface area contributed by atoms with Gasteiger partial charge < -0.3 is 10.2 Å². The number of carbonyl (C=O) groups is 2. The van der Waals surface area contributed by atoms with Crippen molar-refractivity contribution in [1.82, 2.24) is 10.2 Å². The van der Waals surface area contributed by atoms with Crippen molar-refractivity contribution in [3.8, 4) is 0 Å². The lowest BCUT2D eigenvalue weighted by atomic mass is 10.1. The van der Waals surface area contributed by atoms with Crippen LogP contribution in [-0.4, -0.2) is 50.0 Å². The zero-order valence-corrected chi connectivity index (χ0v) is 22.2. The number of halogens is 1. The summed E-state index contributed by atoms with van der Waals surface area (Å²) in [5, 5.41) is 3.24. The second kappa shape index (κ2) is 11.7. The van der Waals surface area contributed by atoms with E-state index in [0.29, 0.717) is 22.7 Å². The fourth-order valence-electron chi connectivity index (χ4n) is 3.72. The highest BCUT2D eigenvalue weighted by molar-refractivity contribution is 7.92. The minimum absolute atomic E-state index is 0.0985. The number of rotatable bonds is 10. The van der Waals surface area contributed by atoms with Crippen LogP contribution >= 0.6 is 11.6 Å². The fourth-order valence-corrected chi connectivity index (χ4v) is 4.78. The van der Waals surface area contributed by atoms with E-state index in [1.807, 2.05) is 52.0 Å². The lowest BCUT2D eigenvalue weighted by Crippen LogP contribution is -2.53. The Labute approximate surface area is 208 Å². The summed E-state index contributed by atoms with van der Waals surface area (Å²) >= 11 is 6.13. The molecular formula is C25H34ClN3O4S. The predicted octanol–water partition coefficient (Wildman–Crippen LogP) is 4.05. The van der Waals surface area contributed by atoms with Gasteiger partial charge in [-0.2, -0.15) is 0 Å². The zero-order valence-electron chi connectivity index (χ0n) is 20.6. The number of benzene rings is 2. The van der Waals surface area contributed by atoms with Gasteiger partial charge in [0.15, 0.2) is 0 Å². The van der Waals surface area contributed by atoms with Crippen molar-refractivity contribution in [3.05, 3.63) is 64.2 Å². The molecule has 0 aliphatic carbocycles. The standard InChI is InChI=1S/C25H34ClN3O4S/c1-7-22(25(31)27-17(2)3)28(15-20-11-9-8-10-18(20)4)24(30)16-29(34(6,32)33)23-14-21(26)13-12-19(23)5/h8-14,17,22H,7,15-16H2,1-6H3,(H,27,31). The van der Waals surface area contributed by atoms with Crippen molar-refractivity contribution in [1.29, 1.82) is 0 Å². The summed E-state index contributed by atoms with van der Waals surface area (Å²) in [6.07, 6.45) is 1.43. The number of aryl methyl sites for hydroxylation is 2. The van der Waals surface area contributed by atoms with Crippen LogP contribution in [0.15, 0.2) is 42.5 Å². The molecule has 0 fully saturated rings. The number of nitrogens with one attached hydrogen (secondary N) is 1. The molecule has 0 aliphatic heterocycles. The molecule has 7 nitrogen and oxygen atoms in total. The van der Waals surface area contributed by atoms with Crippen molar-refractivity contribution in [2.75, 3.05) is 17.1 Å². The van der Waals surface area contributed by atoms with E-state index in [-0.39, 0.29) is 18.5 Å². The molecule has 34 heavy (non-hydrogen) atoms. The Balaban J connectivity index is 2.50. The van der Waals surface area contributed by atoms with Crippen LogP contribution in [0.1, 0.15) is 43.9 Å². The molecule has 1 atom stereocenters. The first kappa shape index (κ1) is 27.7. The molecule has 1 N–H and O–H groups in total. The largest absolute Gasteiger partial charge is 0.352 e. The summed E-state index contributed by atoms with van der Waals surface area (Å²) in [5.41, 5.74) is 2.86. The van der Waals surface area contributed by atoms with Gasteiger partial charge in [0.2, 0.25) is 21.8 Å². The number of nitrogens with zero attached hydrogens (tertiary/aromatic N) is 2. The lowest BCUT2D eigenvalue weighted by Gasteiger charge is -2.33. The Hall–Kier alpha value is -2.58. The smallest absolute Gasteiger partial charge is 0.244 e. The fraction of sp³-hybridized carbons (Fsp3) is 0.440. The van der Waals surface area contributed by atoms with Crippen LogP contribution in [0, 0.1) is 13.8 Å². The van der Waals surface area contributed by atoms with Gasteiger partial charge in [0.25, 0.3) is 0 Å². The van der Waals surface area contributed by atoms with Crippen LogP contribution in [0.4, 0.5) is 5.69 Å². The molecule has 0 aromatic heterocycles. The van der Waals surface area contributed by atoms with E-state index in [2.05, 4.69) is 5.32 Å². The minimum atomic E-state index is -3.81. The summed E-state index contributed by atoms with van der Waals surface area (Å²) < 4.78 is 26.5. The van der Waals surface area contributed by atoms with Gasteiger partial charge in [-0.1, -0.05) is 48.9 Å². The Kier molecular flexibility index (Phi) is 9.53. The third-order valence-electron chi connectivity index (χ3n) is 5.54. The molecule has 0 saturated heterocycles. The number of carbonyl (C=O) groups excluding carboxylic acids is 2. The first-order chi connectivity index (χ1) is 15.8. The maximum absolute atomic E-state index is 13.7. The molecule has 9 heteroatoms. The van der Waals surface area contributed by atoms with E-state index in [0.717, 1.165) is 21.7 Å². The van der Waals surface area contributed by atoms with E-state index < -0.39 is 28.5 Å². The second-order valence-corrected chi connectivity index (χ2v) is 11.1. The van der Waals surface area contributed by atoms with Crippen LogP contribution in [0.2, 0.25) is 5.02 Å². The number of anilines is 1. The summed E-state index contributed by atoms with van der Waals surface area (Å²) in [4.78, 5) is 28.2. The van der Waals surface area contributed by atoms with Gasteiger partial charge >= 0.3 is 0 Å². The summed E-state index contributed by atoms with van der Waals surface area (Å²) in [6, 6.07) is 11.7. The molecule has 0 heterocycles. The molecule has 2 amide bonds. The molecule has 0 bridgehead atoms. The zero-order chi connectivity index (χ0) is 25.6. The lowest BCUT2D eigenvalue weighted by molar-refractivity contribution is -0.140. The first-order valence-electron chi connectivity index (χ1n) is 11.2. The quantitative estimate of drug-likeness (QED) is 0.525. The maximum Gasteiger partial charge on any atom is 0.244 e. The SMILES string of the molecule is CCC(C(=O)NC(C)C)N(Cc1ccccc1C)C(=O)CN(c1cc(Cl)ccc1C)S(C)(=O)=O. The van der Waals surface area contributed by atoms with Gasteiger partial charge in [0, 0.05) is 17.6 Å². The van der Waals surface area contributed by atoms with E-state index >= 15 is 0 Å². The van der Waals surface area contributed by atoms with Crippen LogP contribution < -0.4 is 9.62 Å². The molecule has 0 saturated carbocycles. The van der Waals surface area contributed by atoms with Gasteiger partial charge in [-0.3, -0.25) is 13.9 Å². The van der Waals surface area contributed by atoms with E-state index in [4.69, 9.17) is 11.6 Å². The molecule has 0 spiro atoms. The molecular weight excluding hydrogens is 474 g/mol. The highest BCUT2D eigenvalue weighted by atomic mass is 35.5. The van der Waals surface area contributed by atoms with Gasteiger partial charge in [-0.25, -0.2) is 8.42 Å². The number of amides is 2. The van der Waals surface area contributed by atoms with Crippen LogP contribution in [0.25, 0.3) is 0 Å². The molecule has 0 aliphatic rings. The molecule has 2 rings (SSSR count). The first-order valence-corrected chi connectivity index (χ1v) is 13.5. The molecule has 2 aromatic carbocycles. The van der Waals surface area contributed by atoms with Crippen LogP contribution in [0.5, 0.6) is 0 Å². The van der Waals surface area contributed by atoms with Gasteiger partial charge in [0.1, 0.15) is 12.6 Å². The number of hydrogen-bond donors (Lipinski definition) is 1. The summed E-state index contributed by atoms with van der Waals surface area (Å²) in [7, 11) is -3.81. The highest BCUT2D eigenvalue weighted by Gasteiger charge is 2.32. The molecule has 1 unspecified atom stereocenters. The molecule has 186 valence electrons. The maximum atomic E-state index is 13.7. The Bertz CT molecular complexity index is 1130. The van der Waals surface area contributed by atoms with Gasteiger partial charge in [0.05, 0.1) is 11.9 Å². The second-order valence-electron chi connectivity index (χ2n) is 8.74. The monoisotopic (exact) mass is 507 g/mol. The topological polar surface area (TPSA) is 86.8 Å². The third-order valence-corrected chi connectivity index (χ3v) is 6.90. The highest BCUT2D eigenvalue weighted by Crippen LogP contribution is 2.27. The number of sulfonamides is 1. The molecule has 2 aromatic rings. The van der Waals surface area contributed by atoms with Crippen molar-refractivity contribution in [2.45, 2.75) is 59.7 Å². The number of hydrogen-bond acceptors (Lipinski definition) is 4. The third kappa shape index (κ3) is 7.21. The normalized spacial score (nSPS) is 12.4. The summed E-state index contributed by atoms with van der Waals surface area (Å²) in [5.74, 6) is -0.747. The van der Waals surface area contributed by atoms with E-state index in [1.54, 1.807) is 19.1 Å². The van der Waals surface area contributed by atoms with Crippen molar-refractivity contribution in [3.63, 3.8) is 0 Å². The predicted molar refractivity (Wildman–Crippen MR) is 137 cm³/mol. The van der Waals surface area contributed by atoms with E-state index in [1.165, 1.54) is 11.0 Å². The van der Waals surface area contributed by atoms with Crippen molar-refractivity contribution in [2.24, 2.45) is 0 Å². The minimum Gasteiger partial charge on any atom is -0.352 e. The van der Waals surface area contributed by atoms with Gasteiger partial charge in [-0.15, -0.1) is 0 Å². The summed E-state index contributed by atoms with van der Waals surface area (Å²) in [6.45, 7) is 8.96. The Morgan fingerprint density at radius 1 is 1.06 bits per heavy atom. The van der Waals surface area contributed by atoms with Gasteiger partial charge in [-0.05, 0) is 62.9 Å². The average molecular weight is 508 g/mol. The Morgan fingerprint density at radius 2 is 1.71 bits per heavy atom. The van der Waals surface area contributed by atoms with Crippen LogP contribution in [0.3, 0.4) is 0 Å². The Morgan fingerprint density at radius 3 is 2.26 bits per heavy atom. The average Bonchev–Trinajstić information content (AvgIpc) is 2.73. The van der Waals surface area contributed by atoms with Crippen LogP contribution in [-0.2, 0) is 26.2 Å². The van der Waals surface area contributed by atoms with E-state index in [9.17, 15) is 18.0 Å². The van der Waals surface area contributed by atoms with Crippen molar-refractivity contribution >= 4 is 39.1 Å².